The van der Waals surface area contributed by atoms with Crippen LogP contribution in [0.25, 0.3) is 0 Å². The largest absolute Gasteiger partial charge is 0.480 e. The lowest BCUT2D eigenvalue weighted by molar-refractivity contribution is -0.142. The average Bonchev–Trinajstić information content (AvgIpc) is 3.46. The molecule has 2 N–H and O–H groups in total. The van der Waals surface area contributed by atoms with Gasteiger partial charge in [0.25, 0.3) is 0 Å². The summed E-state index contributed by atoms with van der Waals surface area (Å²) < 4.78 is 2.80. The van der Waals surface area contributed by atoms with Crippen molar-refractivity contribution < 1.29 is 29.4 Å². The molecule has 3 rings (SSSR count). The minimum Gasteiger partial charge on any atom is -0.480 e. The molecule has 1 fully saturated rings. The second-order valence-corrected chi connectivity index (χ2v) is 7.98. The molecule has 0 spiro atoms. The molecular weight excluding hydrogens is 416 g/mol. The summed E-state index contributed by atoms with van der Waals surface area (Å²) in [6.45, 7) is -0.926. The van der Waals surface area contributed by atoms with Gasteiger partial charge in [0.2, 0.25) is 11.8 Å². The van der Waals surface area contributed by atoms with E-state index in [1.807, 2.05) is 0 Å². The number of aliphatic carboxylic acids is 2. The second kappa shape index (κ2) is 10.9. The van der Waals surface area contributed by atoms with Crippen molar-refractivity contribution in [2.45, 2.75) is 37.8 Å². The highest BCUT2D eigenvalue weighted by Crippen LogP contribution is 2.27. The molecule has 10 nitrogen and oxygen atoms in total. The summed E-state index contributed by atoms with van der Waals surface area (Å²) in [6, 6.07) is 6.12. The molecule has 172 valence electrons. The van der Waals surface area contributed by atoms with Crippen molar-refractivity contribution in [1.82, 2.24) is 18.9 Å². The first-order valence-electron chi connectivity index (χ1n) is 10.6. The molecule has 2 unspecified atom stereocenters. The quantitative estimate of drug-likeness (QED) is 0.563. The number of hydrogen-bond donors (Lipinski definition) is 2. The van der Waals surface area contributed by atoms with Crippen LogP contribution in [0.3, 0.4) is 0 Å². The normalized spacial score (nSPS) is 18.7. The van der Waals surface area contributed by atoms with Gasteiger partial charge in [-0.1, -0.05) is 12.8 Å². The summed E-state index contributed by atoms with van der Waals surface area (Å²) in [6.07, 6.45) is 9.31. The standard InChI is InChI=1S/C22H28N4O6/c27-19(23-9-3-4-10-23)13-25(15-21(29)30)17-7-1-2-8-18(17)26(16-22(31)32)14-20(28)24-11-5-6-12-24/h3-6,9-12,17-18H,1-2,7-8,13-16H2,(H,29,30)(H,31,32). The Morgan fingerprint density at radius 1 is 0.656 bits per heavy atom. The van der Waals surface area contributed by atoms with E-state index in [2.05, 4.69) is 0 Å². The molecule has 0 aliphatic heterocycles. The molecular formula is C22H28N4O6. The Labute approximate surface area is 185 Å². The summed E-state index contributed by atoms with van der Waals surface area (Å²) >= 11 is 0. The molecule has 32 heavy (non-hydrogen) atoms. The first kappa shape index (κ1) is 23.4. The maximum absolute atomic E-state index is 12.7. The first-order chi connectivity index (χ1) is 15.3. The lowest BCUT2D eigenvalue weighted by Crippen LogP contribution is -2.57. The predicted octanol–water partition coefficient (Wildman–Crippen LogP) is 1.35. The molecule has 1 aliphatic carbocycles. The van der Waals surface area contributed by atoms with Crippen LogP contribution in [0.4, 0.5) is 0 Å². The van der Waals surface area contributed by atoms with Crippen molar-refractivity contribution in [1.29, 1.82) is 0 Å². The Balaban J connectivity index is 1.83. The Hall–Kier alpha value is -3.24. The van der Waals surface area contributed by atoms with Gasteiger partial charge in [-0.2, -0.15) is 0 Å². The van der Waals surface area contributed by atoms with Gasteiger partial charge in [0.05, 0.1) is 26.2 Å². The van der Waals surface area contributed by atoms with Crippen LogP contribution in [0, 0.1) is 0 Å². The van der Waals surface area contributed by atoms with E-state index in [9.17, 15) is 29.4 Å². The highest BCUT2D eigenvalue weighted by atomic mass is 16.4. The minimum atomic E-state index is -1.07. The number of carboxylic acid groups (broad SMARTS) is 2. The predicted molar refractivity (Wildman–Crippen MR) is 115 cm³/mol. The van der Waals surface area contributed by atoms with Gasteiger partial charge < -0.3 is 10.2 Å². The SMILES string of the molecule is O=C(O)CN(CC(=O)n1cccc1)C1CCCCC1N(CC(=O)O)CC(=O)n1cccc1. The summed E-state index contributed by atoms with van der Waals surface area (Å²) in [5.74, 6) is -2.67. The van der Waals surface area contributed by atoms with Crippen molar-refractivity contribution in [3.8, 4) is 0 Å². The van der Waals surface area contributed by atoms with Crippen LogP contribution in [0.5, 0.6) is 0 Å². The third kappa shape index (κ3) is 6.14. The summed E-state index contributed by atoms with van der Waals surface area (Å²) in [7, 11) is 0. The van der Waals surface area contributed by atoms with Crippen molar-refractivity contribution in [3.63, 3.8) is 0 Å². The van der Waals surface area contributed by atoms with Crippen LogP contribution in [0.15, 0.2) is 49.1 Å². The minimum absolute atomic E-state index is 0.116. The fourth-order valence-corrected chi connectivity index (χ4v) is 4.38. The maximum atomic E-state index is 12.7. The van der Waals surface area contributed by atoms with Crippen LogP contribution in [0.1, 0.15) is 35.3 Å². The zero-order valence-corrected chi connectivity index (χ0v) is 17.7. The number of aromatic nitrogens is 2. The Morgan fingerprint density at radius 2 is 1.00 bits per heavy atom. The molecule has 10 heteroatoms. The molecule has 0 amide bonds. The van der Waals surface area contributed by atoms with Gasteiger partial charge in [-0.05, 0) is 37.1 Å². The number of carbonyl (C=O) groups excluding carboxylic acids is 2. The lowest BCUT2D eigenvalue weighted by atomic mass is 9.87. The van der Waals surface area contributed by atoms with Crippen molar-refractivity contribution in [2.75, 3.05) is 26.2 Å². The molecule has 0 saturated heterocycles. The average molecular weight is 444 g/mol. The van der Waals surface area contributed by atoms with Gasteiger partial charge in [-0.15, -0.1) is 0 Å². The molecule has 0 radical (unpaired) electrons. The molecule has 2 atom stereocenters. The van der Waals surface area contributed by atoms with Gasteiger partial charge in [0.15, 0.2) is 0 Å². The smallest absolute Gasteiger partial charge is 0.317 e. The van der Waals surface area contributed by atoms with Crippen LogP contribution in [-0.2, 0) is 9.59 Å². The molecule has 0 aromatic carbocycles. The van der Waals surface area contributed by atoms with E-state index < -0.39 is 11.9 Å². The van der Waals surface area contributed by atoms with E-state index >= 15 is 0 Å². The number of carboxylic acids is 2. The summed E-state index contributed by atoms with van der Waals surface area (Å²) in [5, 5.41) is 18.9. The number of hydrogen-bond acceptors (Lipinski definition) is 6. The van der Waals surface area contributed by atoms with Gasteiger partial charge in [0.1, 0.15) is 0 Å². The van der Waals surface area contributed by atoms with Crippen molar-refractivity contribution in [3.05, 3.63) is 49.1 Å². The molecule has 0 bridgehead atoms. The highest BCUT2D eigenvalue weighted by molar-refractivity contribution is 5.82. The van der Waals surface area contributed by atoms with Crippen molar-refractivity contribution >= 4 is 23.8 Å². The lowest BCUT2D eigenvalue weighted by Gasteiger charge is -2.43. The van der Waals surface area contributed by atoms with Gasteiger partial charge >= 0.3 is 11.9 Å². The first-order valence-corrected chi connectivity index (χ1v) is 10.6. The Morgan fingerprint density at radius 3 is 1.31 bits per heavy atom. The Bertz CT molecular complexity index is 848. The number of nitrogens with zero attached hydrogens (tertiary/aromatic N) is 4. The second-order valence-electron chi connectivity index (χ2n) is 7.98. The fourth-order valence-electron chi connectivity index (χ4n) is 4.38. The fraction of sp³-hybridized carbons (Fsp3) is 0.455. The van der Waals surface area contributed by atoms with Crippen LogP contribution >= 0.6 is 0 Å². The van der Waals surface area contributed by atoms with Gasteiger partial charge in [-0.3, -0.25) is 38.1 Å². The van der Waals surface area contributed by atoms with Gasteiger partial charge in [-0.25, -0.2) is 0 Å². The van der Waals surface area contributed by atoms with E-state index in [0.29, 0.717) is 12.8 Å². The molecule has 2 heterocycles. The number of rotatable bonds is 10. The zero-order valence-electron chi connectivity index (χ0n) is 17.7. The monoisotopic (exact) mass is 444 g/mol. The van der Waals surface area contributed by atoms with E-state index in [0.717, 1.165) is 12.8 Å². The third-order valence-corrected chi connectivity index (χ3v) is 5.77. The van der Waals surface area contributed by atoms with Gasteiger partial charge in [0, 0.05) is 36.9 Å². The molecule has 2 aromatic rings. The van der Waals surface area contributed by atoms with Crippen LogP contribution < -0.4 is 0 Å². The third-order valence-electron chi connectivity index (χ3n) is 5.77. The Kier molecular flexibility index (Phi) is 7.96. The molecule has 1 saturated carbocycles. The van der Waals surface area contributed by atoms with E-state index in [4.69, 9.17) is 0 Å². The highest BCUT2D eigenvalue weighted by Gasteiger charge is 2.37. The topological polar surface area (TPSA) is 125 Å². The van der Waals surface area contributed by atoms with Crippen molar-refractivity contribution in [2.24, 2.45) is 0 Å². The maximum Gasteiger partial charge on any atom is 0.317 e. The number of carbonyl (C=O) groups is 4. The van der Waals surface area contributed by atoms with E-state index in [1.165, 1.54) is 9.13 Å². The molecule has 2 aromatic heterocycles. The van der Waals surface area contributed by atoms with Crippen LogP contribution in [-0.4, -0.2) is 91.2 Å². The van der Waals surface area contributed by atoms with E-state index in [-0.39, 0.29) is 50.1 Å². The summed E-state index contributed by atoms with van der Waals surface area (Å²) in [4.78, 5) is 51.7. The summed E-state index contributed by atoms with van der Waals surface area (Å²) in [5.41, 5.74) is 0. The van der Waals surface area contributed by atoms with Crippen LogP contribution in [0.2, 0.25) is 0 Å². The van der Waals surface area contributed by atoms with E-state index in [1.54, 1.807) is 58.9 Å². The molecule has 1 aliphatic rings. The zero-order chi connectivity index (χ0) is 23.1.